The Bertz CT molecular complexity index is 1080. The summed E-state index contributed by atoms with van der Waals surface area (Å²) in [4.78, 5) is 26.6. The quantitative estimate of drug-likeness (QED) is 0.471. The normalized spacial score (nSPS) is 10.2. The number of hydrogen-bond acceptors (Lipinski definition) is 4. The molecule has 6 nitrogen and oxygen atoms in total. The molecule has 0 heterocycles. The fraction of sp³-hybridized carbons (Fsp3) is 0.222. The molecular formula is C27H27N3O3. The second-order valence-electron chi connectivity index (χ2n) is 7.49. The summed E-state index contributed by atoms with van der Waals surface area (Å²) in [5, 5.41) is 11.7. The van der Waals surface area contributed by atoms with Crippen LogP contribution in [0.25, 0.3) is 0 Å². The first-order valence-corrected chi connectivity index (χ1v) is 10.9. The molecule has 3 aromatic rings. The highest BCUT2D eigenvalue weighted by Crippen LogP contribution is 2.17. The highest BCUT2D eigenvalue weighted by Gasteiger charge is 2.16. The lowest BCUT2D eigenvalue weighted by Crippen LogP contribution is -2.33. The van der Waals surface area contributed by atoms with Crippen molar-refractivity contribution in [3.05, 3.63) is 96.1 Å². The second-order valence-corrected chi connectivity index (χ2v) is 7.49. The Hall–Kier alpha value is -4.11. The number of anilines is 1. The maximum absolute atomic E-state index is 12.7. The van der Waals surface area contributed by atoms with Crippen LogP contribution in [0.4, 0.5) is 5.69 Å². The standard InChI is InChI=1S/C27H27N3O3/c28-17-8-18-30(24-12-5-2-6-13-24)27(32)16-15-26(31)29-20-23-11-7-14-25(19-23)33-21-22-9-3-1-4-10-22/h1-7,9-14,19H,8,15-16,18,20-21H2,(H,29,31). The smallest absolute Gasteiger partial charge is 0.227 e. The van der Waals surface area contributed by atoms with Crippen molar-refractivity contribution < 1.29 is 14.3 Å². The van der Waals surface area contributed by atoms with E-state index in [9.17, 15) is 9.59 Å². The van der Waals surface area contributed by atoms with Crippen LogP contribution in [0.2, 0.25) is 0 Å². The zero-order chi connectivity index (χ0) is 23.3. The van der Waals surface area contributed by atoms with Gasteiger partial charge in [0.05, 0.1) is 12.5 Å². The molecule has 0 aromatic heterocycles. The molecule has 0 saturated carbocycles. The van der Waals surface area contributed by atoms with Gasteiger partial charge in [-0.05, 0) is 35.4 Å². The molecule has 2 amide bonds. The molecule has 0 bridgehead atoms. The van der Waals surface area contributed by atoms with Gasteiger partial charge >= 0.3 is 0 Å². The Morgan fingerprint density at radius 3 is 2.30 bits per heavy atom. The summed E-state index contributed by atoms with van der Waals surface area (Å²) in [7, 11) is 0. The van der Waals surface area contributed by atoms with Gasteiger partial charge in [0.2, 0.25) is 11.8 Å². The van der Waals surface area contributed by atoms with Crippen LogP contribution in [-0.4, -0.2) is 18.4 Å². The molecule has 0 fully saturated rings. The minimum Gasteiger partial charge on any atom is -0.489 e. The number of para-hydroxylation sites is 1. The third kappa shape index (κ3) is 7.82. The van der Waals surface area contributed by atoms with Crippen molar-refractivity contribution >= 4 is 17.5 Å². The zero-order valence-corrected chi connectivity index (χ0v) is 18.4. The molecule has 0 aliphatic rings. The minimum atomic E-state index is -0.202. The number of ether oxygens (including phenoxy) is 1. The molecule has 0 spiro atoms. The average molecular weight is 442 g/mol. The van der Waals surface area contributed by atoms with E-state index in [-0.39, 0.29) is 31.1 Å². The third-order valence-corrected chi connectivity index (χ3v) is 5.02. The van der Waals surface area contributed by atoms with Crippen LogP contribution in [-0.2, 0) is 22.7 Å². The molecule has 6 heteroatoms. The first-order valence-electron chi connectivity index (χ1n) is 10.9. The number of hydrogen-bond donors (Lipinski definition) is 1. The van der Waals surface area contributed by atoms with E-state index >= 15 is 0 Å². The fourth-order valence-electron chi connectivity index (χ4n) is 3.30. The summed E-state index contributed by atoms with van der Waals surface area (Å²) < 4.78 is 5.83. The number of amides is 2. The summed E-state index contributed by atoms with van der Waals surface area (Å²) >= 11 is 0. The van der Waals surface area contributed by atoms with Crippen LogP contribution in [0, 0.1) is 11.3 Å². The molecule has 0 aliphatic heterocycles. The van der Waals surface area contributed by atoms with Gasteiger partial charge in [-0.2, -0.15) is 5.26 Å². The highest BCUT2D eigenvalue weighted by molar-refractivity contribution is 5.95. The molecule has 0 radical (unpaired) electrons. The second kappa shape index (κ2) is 12.7. The number of carbonyl (C=O) groups excluding carboxylic acids is 2. The van der Waals surface area contributed by atoms with Crippen LogP contribution < -0.4 is 15.0 Å². The summed E-state index contributed by atoms with van der Waals surface area (Å²) in [6, 6.07) is 28.7. The van der Waals surface area contributed by atoms with Gasteiger partial charge in [0.25, 0.3) is 0 Å². The number of rotatable bonds is 11. The summed E-state index contributed by atoms with van der Waals surface area (Å²) in [6.07, 6.45) is 0.390. The lowest BCUT2D eigenvalue weighted by Gasteiger charge is -2.21. The van der Waals surface area contributed by atoms with Crippen molar-refractivity contribution in [2.24, 2.45) is 0 Å². The molecule has 0 saturated heterocycles. The van der Waals surface area contributed by atoms with E-state index in [1.165, 1.54) is 0 Å². The number of nitriles is 1. The zero-order valence-electron chi connectivity index (χ0n) is 18.4. The first-order chi connectivity index (χ1) is 16.2. The van der Waals surface area contributed by atoms with E-state index in [1.54, 1.807) is 4.90 Å². The van der Waals surface area contributed by atoms with Crippen molar-refractivity contribution in [2.45, 2.75) is 32.4 Å². The van der Waals surface area contributed by atoms with Crippen LogP contribution in [0.5, 0.6) is 5.75 Å². The maximum atomic E-state index is 12.7. The van der Waals surface area contributed by atoms with Gasteiger partial charge in [-0.1, -0.05) is 60.7 Å². The number of benzene rings is 3. The van der Waals surface area contributed by atoms with Gasteiger partial charge in [-0.25, -0.2) is 0 Å². The van der Waals surface area contributed by atoms with Crippen LogP contribution in [0.15, 0.2) is 84.9 Å². The maximum Gasteiger partial charge on any atom is 0.227 e. The molecule has 0 atom stereocenters. The Kier molecular flexibility index (Phi) is 9.04. The molecular weight excluding hydrogens is 414 g/mol. The SMILES string of the molecule is N#CCCN(C(=O)CCC(=O)NCc1cccc(OCc2ccccc2)c1)c1ccccc1. The molecule has 0 aliphatic carbocycles. The summed E-state index contributed by atoms with van der Waals surface area (Å²) in [5.74, 6) is 0.354. The van der Waals surface area contributed by atoms with Crippen LogP contribution in [0.3, 0.4) is 0 Å². The monoisotopic (exact) mass is 441 g/mol. The Morgan fingerprint density at radius 2 is 1.58 bits per heavy atom. The van der Waals surface area contributed by atoms with Crippen molar-refractivity contribution in [1.29, 1.82) is 5.26 Å². The van der Waals surface area contributed by atoms with E-state index < -0.39 is 0 Å². The fourth-order valence-corrected chi connectivity index (χ4v) is 3.30. The van der Waals surface area contributed by atoms with Crippen LogP contribution >= 0.6 is 0 Å². The van der Waals surface area contributed by atoms with E-state index in [0.29, 0.717) is 19.7 Å². The van der Waals surface area contributed by atoms with Gasteiger partial charge in [0, 0.05) is 31.6 Å². The van der Waals surface area contributed by atoms with Crippen molar-refractivity contribution in [2.75, 3.05) is 11.4 Å². The molecule has 3 rings (SSSR count). The predicted molar refractivity (Wildman–Crippen MR) is 127 cm³/mol. The molecule has 0 unspecified atom stereocenters. The third-order valence-electron chi connectivity index (χ3n) is 5.02. The number of nitrogens with zero attached hydrogens (tertiary/aromatic N) is 2. The van der Waals surface area contributed by atoms with Gasteiger partial charge < -0.3 is 15.0 Å². The van der Waals surface area contributed by atoms with E-state index in [1.807, 2.05) is 84.9 Å². The van der Waals surface area contributed by atoms with Gasteiger partial charge in [0.1, 0.15) is 12.4 Å². The molecule has 33 heavy (non-hydrogen) atoms. The van der Waals surface area contributed by atoms with Crippen molar-refractivity contribution in [1.82, 2.24) is 5.32 Å². The predicted octanol–water partition coefficient (Wildman–Crippen LogP) is 4.61. The van der Waals surface area contributed by atoms with Gasteiger partial charge in [-0.15, -0.1) is 0 Å². The summed E-state index contributed by atoms with van der Waals surface area (Å²) in [5.41, 5.74) is 2.73. The minimum absolute atomic E-state index is 0.0758. The highest BCUT2D eigenvalue weighted by atomic mass is 16.5. The average Bonchev–Trinajstić information content (AvgIpc) is 2.87. The van der Waals surface area contributed by atoms with Gasteiger partial charge in [0.15, 0.2) is 0 Å². The lowest BCUT2D eigenvalue weighted by atomic mass is 10.2. The first kappa shape index (κ1) is 23.6. The lowest BCUT2D eigenvalue weighted by molar-refractivity contribution is -0.125. The van der Waals surface area contributed by atoms with Crippen molar-refractivity contribution in [3.8, 4) is 11.8 Å². The van der Waals surface area contributed by atoms with Crippen LogP contribution in [0.1, 0.15) is 30.4 Å². The number of nitrogens with one attached hydrogen (secondary N) is 1. The van der Waals surface area contributed by atoms with E-state index in [2.05, 4.69) is 11.4 Å². The largest absolute Gasteiger partial charge is 0.489 e. The Morgan fingerprint density at radius 1 is 0.879 bits per heavy atom. The topological polar surface area (TPSA) is 82.4 Å². The van der Waals surface area contributed by atoms with Crippen molar-refractivity contribution in [3.63, 3.8) is 0 Å². The van der Waals surface area contributed by atoms with Gasteiger partial charge in [-0.3, -0.25) is 9.59 Å². The molecule has 168 valence electrons. The Labute approximate surface area is 194 Å². The van der Waals surface area contributed by atoms with E-state index in [0.717, 1.165) is 22.6 Å². The summed E-state index contributed by atoms with van der Waals surface area (Å²) in [6.45, 7) is 1.13. The van der Waals surface area contributed by atoms with E-state index in [4.69, 9.17) is 10.00 Å². The molecule has 3 aromatic carbocycles. The Balaban J connectivity index is 1.46. The number of carbonyl (C=O) groups is 2. The molecule has 1 N–H and O–H groups in total.